The normalized spacial score (nSPS) is 12.2. The SMILES string of the molecule is CCCCC/C=C\C/C=C\CCCCCCCC(=O)OC[C@H](COC(=O)CCCCCCCCCCCCCC)OC(=O)CCCCCCCCCCCCC/C=C\CCCCCCCC. The first-order valence-corrected chi connectivity index (χ1v) is 29.0. The molecule has 0 aromatic rings. The van der Waals surface area contributed by atoms with E-state index in [4.69, 9.17) is 14.2 Å². The third kappa shape index (κ3) is 52.6. The summed E-state index contributed by atoms with van der Waals surface area (Å²) < 4.78 is 16.9. The van der Waals surface area contributed by atoms with Crippen LogP contribution >= 0.6 is 0 Å². The number of hydrogen-bond acceptors (Lipinski definition) is 6. The molecule has 0 aliphatic carbocycles. The highest BCUT2D eigenvalue weighted by Gasteiger charge is 2.19. The van der Waals surface area contributed by atoms with Crippen molar-refractivity contribution in [1.29, 1.82) is 0 Å². The van der Waals surface area contributed by atoms with E-state index in [9.17, 15) is 14.4 Å². The van der Waals surface area contributed by atoms with Gasteiger partial charge in [0, 0.05) is 19.3 Å². The van der Waals surface area contributed by atoms with E-state index in [0.29, 0.717) is 19.3 Å². The Morgan fingerprint density at radius 1 is 0.303 bits per heavy atom. The molecule has 0 aromatic heterocycles. The van der Waals surface area contributed by atoms with E-state index in [2.05, 4.69) is 57.2 Å². The van der Waals surface area contributed by atoms with Crippen LogP contribution in [-0.2, 0) is 28.6 Å². The van der Waals surface area contributed by atoms with Gasteiger partial charge in [-0.3, -0.25) is 14.4 Å². The van der Waals surface area contributed by atoms with Gasteiger partial charge in [0.05, 0.1) is 0 Å². The molecule has 0 aliphatic heterocycles. The fourth-order valence-electron chi connectivity index (χ4n) is 8.47. The molecular formula is C60H110O6. The van der Waals surface area contributed by atoms with E-state index < -0.39 is 6.10 Å². The smallest absolute Gasteiger partial charge is 0.306 e. The summed E-state index contributed by atoms with van der Waals surface area (Å²) in [5, 5.41) is 0. The predicted molar refractivity (Wildman–Crippen MR) is 284 cm³/mol. The van der Waals surface area contributed by atoms with Gasteiger partial charge in [-0.1, -0.05) is 250 Å². The summed E-state index contributed by atoms with van der Waals surface area (Å²) in [5.74, 6) is -0.872. The van der Waals surface area contributed by atoms with Crippen molar-refractivity contribution in [3.63, 3.8) is 0 Å². The van der Waals surface area contributed by atoms with Gasteiger partial charge in [0.25, 0.3) is 0 Å². The largest absolute Gasteiger partial charge is 0.462 e. The highest BCUT2D eigenvalue weighted by molar-refractivity contribution is 5.71. The first-order valence-electron chi connectivity index (χ1n) is 29.0. The van der Waals surface area contributed by atoms with E-state index in [1.165, 1.54) is 193 Å². The molecule has 0 rings (SSSR count). The van der Waals surface area contributed by atoms with Crippen LogP contribution in [0.1, 0.15) is 310 Å². The van der Waals surface area contributed by atoms with Gasteiger partial charge < -0.3 is 14.2 Å². The minimum Gasteiger partial charge on any atom is -0.462 e. The molecule has 66 heavy (non-hydrogen) atoms. The van der Waals surface area contributed by atoms with Gasteiger partial charge in [0.2, 0.25) is 0 Å². The van der Waals surface area contributed by atoms with Crippen molar-refractivity contribution in [3.8, 4) is 0 Å². The van der Waals surface area contributed by atoms with Gasteiger partial charge in [0.15, 0.2) is 6.10 Å². The summed E-state index contributed by atoms with van der Waals surface area (Å²) in [6, 6.07) is 0. The number of carbonyl (C=O) groups excluding carboxylic acids is 3. The second-order valence-corrected chi connectivity index (χ2v) is 19.6. The molecule has 386 valence electrons. The summed E-state index contributed by atoms with van der Waals surface area (Å²) in [6.07, 6.45) is 65.6. The molecule has 0 radical (unpaired) electrons. The Bertz CT molecular complexity index is 1110. The van der Waals surface area contributed by atoms with Gasteiger partial charge in [-0.05, 0) is 77.0 Å². The zero-order valence-electron chi connectivity index (χ0n) is 44.2. The van der Waals surface area contributed by atoms with Crippen LogP contribution in [0.5, 0.6) is 0 Å². The van der Waals surface area contributed by atoms with Crippen LogP contribution in [0, 0.1) is 0 Å². The average molecular weight is 928 g/mol. The lowest BCUT2D eigenvalue weighted by atomic mass is 10.0. The topological polar surface area (TPSA) is 78.9 Å². The van der Waals surface area contributed by atoms with Crippen LogP contribution in [0.4, 0.5) is 0 Å². The highest BCUT2D eigenvalue weighted by atomic mass is 16.6. The Morgan fingerprint density at radius 2 is 0.545 bits per heavy atom. The fourth-order valence-corrected chi connectivity index (χ4v) is 8.47. The number of allylic oxidation sites excluding steroid dienone is 6. The molecule has 0 unspecified atom stereocenters. The zero-order valence-corrected chi connectivity index (χ0v) is 44.2. The van der Waals surface area contributed by atoms with Gasteiger partial charge in [0.1, 0.15) is 13.2 Å². The molecule has 6 nitrogen and oxygen atoms in total. The van der Waals surface area contributed by atoms with E-state index in [0.717, 1.165) is 77.0 Å². The number of unbranched alkanes of at least 4 members (excludes halogenated alkanes) is 36. The lowest BCUT2D eigenvalue weighted by Crippen LogP contribution is -2.30. The molecule has 0 saturated carbocycles. The van der Waals surface area contributed by atoms with Crippen molar-refractivity contribution in [2.45, 2.75) is 316 Å². The van der Waals surface area contributed by atoms with Crippen LogP contribution in [-0.4, -0.2) is 37.2 Å². The Hall–Kier alpha value is -2.37. The van der Waals surface area contributed by atoms with E-state index in [-0.39, 0.29) is 31.1 Å². The Kier molecular flexibility index (Phi) is 53.2. The number of rotatable bonds is 53. The summed E-state index contributed by atoms with van der Waals surface area (Å²) in [5.41, 5.74) is 0. The van der Waals surface area contributed by atoms with Gasteiger partial charge in [-0.2, -0.15) is 0 Å². The van der Waals surface area contributed by atoms with Crippen molar-refractivity contribution in [3.05, 3.63) is 36.5 Å². The molecule has 0 aliphatic rings. The summed E-state index contributed by atoms with van der Waals surface area (Å²) in [4.78, 5) is 38.1. The molecule has 0 N–H and O–H groups in total. The van der Waals surface area contributed by atoms with E-state index >= 15 is 0 Å². The van der Waals surface area contributed by atoms with Crippen molar-refractivity contribution in [2.24, 2.45) is 0 Å². The second kappa shape index (κ2) is 55.2. The number of ether oxygens (including phenoxy) is 3. The van der Waals surface area contributed by atoms with Gasteiger partial charge in [-0.25, -0.2) is 0 Å². The number of hydrogen-bond donors (Lipinski definition) is 0. The molecule has 0 bridgehead atoms. The lowest BCUT2D eigenvalue weighted by Gasteiger charge is -2.18. The maximum absolute atomic E-state index is 12.9. The predicted octanol–water partition coefficient (Wildman–Crippen LogP) is 19.3. The highest BCUT2D eigenvalue weighted by Crippen LogP contribution is 2.16. The molecular weight excluding hydrogens is 817 g/mol. The average Bonchev–Trinajstić information content (AvgIpc) is 3.31. The maximum atomic E-state index is 12.9. The van der Waals surface area contributed by atoms with Gasteiger partial charge in [-0.15, -0.1) is 0 Å². The van der Waals surface area contributed by atoms with E-state index in [1.54, 1.807) is 0 Å². The first-order chi connectivity index (χ1) is 32.5. The third-order valence-corrected chi connectivity index (χ3v) is 12.9. The van der Waals surface area contributed by atoms with Crippen molar-refractivity contribution >= 4 is 17.9 Å². The molecule has 0 spiro atoms. The quantitative estimate of drug-likeness (QED) is 0.0262. The van der Waals surface area contributed by atoms with Gasteiger partial charge >= 0.3 is 17.9 Å². The van der Waals surface area contributed by atoms with Crippen LogP contribution in [0.2, 0.25) is 0 Å². The third-order valence-electron chi connectivity index (χ3n) is 12.9. The Labute approximate surface area is 410 Å². The molecule has 0 aromatic carbocycles. The summed E-state index contributed by atoms with van der Waals surface area (Å²) >= 11 is 0. The van der Waals surface area contributed by atoms with Crippen LogP contribution < -0.4 is 0 Å². The Balaban J connectivity index is 4.31. The molecule has 0 heterocycles. The number of esters is 3. The lowest BCUT2D eigenvalue weighted by molar-refractivity contribution is -0.167. The Morgan fingerprint density at radius 3 is 0.879 bits per heavy atom. The summed E-state index contributed by atoms with van der Waals surface area (Å²) in [6.45, 7) is 6.63. The minimum absolute atomic E-state index is 0.0733. The minimum atomic E-state index is -0.775. The van der Waals surface area contributed by atoms with Crippen molar-refractivity contribution < 1.29 is 28.6 Å². The summed E-state index contributed by atoms with van der Waals surface area (Å²) in [7, 11) is 0. The zero-order chi connectivity index (χ0) is 47.9. The van der Waals surface area contributed by atoms with Crippen LogP contribution in [0.3, 0.4) is 0 Å². The molecule has 1 atom stereocenters. The molecule has 0 amide bonds. The maximum Gasteiger partial charge on any atom is 0.306 e. The molecule has 6 heteroatoms. The van der Waals surface area contributed by atoms with Crippen LogP contribution in [0.15, 0.2) is 36.5 Å². The first kappa shape index (κ1) is 63.6. The van der Waals surface area contributed by atoms with Crippen molar-refractivity contribution in [1.82, 2.24) is 0 Å². The molecule has 0 saturated heterocycles. The number of carbonyl (C=O) groups is 3. The monoisotopic (exact) mass is 927 g/mol. The second-order valence-electron chi connectivity index (χ2n) is 19.6. The van der Waals surface area contributed by atoms with Crippen LogP contribution in [0.25, 0.3) is 0 Å². The van der Waals surface area contributed by atoms with Crippen molar-refractivity contribution in [2.75, 3.05) is 13.2 Å². The standard InChI is InChI=1S/C60H110O6/c1-4-7-10-13-16-19-22-25-27-28-29-30-31-32-34-36-39-42-45-48-51-54-60(63)66-57(55-64-58(61)52-49-46-43-40-37-24-21-18-15-12-9-6-3)56-65-59(62)53-50-47-44-41-38-35-33-26-23-20-17-14-11-8-5-2/h17,20,25-27,33,57H,4-16,18-19,21-24,28-32,34-56H2,1-3H3/b20-17-,27-25-,33-26-/t57-/m0/s1. The molecule has 0 fully saturated rings. The van der Waals surface area contributed by atoms with E-state index in [1.807, 2.05) is 0 Å². The fraction of sp³-hybridized carbons (Fsp3) is 0.850.